The predicted molar refractivity (Wildman–Crippen MR) is 113 cm³/mol. The van der Waals surface area contributed by atoms with Crippen molar-refractivity contribution in [2.45, 2.75) is 36.3 Å². The highest BCUT2D eigenvalue weighted by Crippen LogP contribution is 2.48. The molecule has 1 aromatic rings. The molecule has 2 fully saturated rings. The molecule has 128 valence electrons. The molecule has 2 aliphatic rings. The van der Waals surface area contributed by atoms with Crippen molar-refractivity contribution in [3.8, 4) is 0 Å². The first-order valence-electron chi connectivity index (χ1n) is 8.04. The first-order chi connectivity index (χ1) is 10.7. The summed E-state index contributed by atoms with van der Waals surface area (Å²) in [7, 11) is 1.84. The van der Waals surface area contributed by atoms with Crippen molar-refractivity contribution in [1.82, 2.24) is 10.6 Å². The van der Waals surface area contributed by atoms with Crippen LogP contribution in [0.25, 0.3) is 0 Å². The zero-order valence-corrected chi connectivity index (χ0v) is 17.4. The maximum atomic E-state index is 6.13. The number of hydrogen-bond donors (Lipinski definition) is 2. The van der Waals surface area contributed by atoms with Gasteiger partial charge in [-0.25, -0.2) is 0 Å². The number of hydrogen-bond acceptors (Lipinski definition) is 2. The number of nitrogens with one attached hydrogen (secondary N) is 2. The summed E-state index contributed by atoms with van der Waals surface area (Å²) in [6.45, 7) is 1.93. The Balaban J connectivity index is 0.00000192. The van der Waals surface area contributed by atoms with Crippen LogP contribution in [-0.2, 0) is 5.41 Å². The molecule has 0 bridgehead atoms. The van der Waals surface area contributed by atoms with Crippen LogP contribution < -0.4 is 10.6 Å². The lowest BCUT2D eigenvalue weighted by atomic mass is 9.96. The van der Waals surface area contributed by atoms with Gasteiger partial charge in [-0.2, -0.15) is 11.8 Å². The van der Waals surface area contributed by atoms with Gasteiger partial charge in [0.1, 0.15) is 0 Å². The lowest BCUT2D eigenvalue weighted by molar-refractivity contribution is 0.641. The number of thioether (sulfide) groups is 1. The van der Waals surface area contributed by atoms with E-state index >= 15 is 0 Å². The minimum atomic E-state index is 0. The molecule has 1 aromatic carbocycles. The maximum absolute atomic E-state index is 6.13. The van der Waals surface area contributed by atoms with Crippen LogP contribution in [0, 0.1) is 0 Å². The van der Waals surface area contributed by atoms with E-state index < -0.39 is 0 Å². The zero-order chi connectivity index (χ0) is 15.4. The average Bonchev–Trinajstić information content (AvgIpc) is 3.14. The van der Waals surface area contributed by atoms with Gasteiger partial charge >= 0.3 is 0 Å². The summed E-state index contributed by atoms with van der Waals surface area (Å²) in [6.07, 6.45) is 5.10. The zero-order valence-electron chi connectivity index (χ0n) is 13.5. The second-order valence-corrected chi connectivity index (χ2v) is 8.08. The van der Waals surface area contributed by atoms with Crippen molar-refractivity contribution in [3.05, 3.63) is 34.9 Å². The fourth-order valence-electron chi connectivity index (χ4n) is 3.03. The normalized spacial score (nSPS) is 22.3. The van der Waals surface area contributed by atoms with Crippen LogP contribution in [0.2, 0.25) is 5.02 Å². The molecule has 23 heavy (non-hydrogen) atoms. The summed E-state index contributed by atoms with van der Waals surface area (Å²) in [6, 6.07) is 8.27. The van der Waals surface area contributed by atoms with Gasteiger partial charge in [-0.3, -0.25) is 4.99 Å². The number of guanidine groups is 1. The van der Waals surface area contributed by atoms with Crippen LogP contribution in [0.3, 0.4) is 0 Å². The van der Waals surface area contributed by atoms with Gasteiger partial charge in [0, 0.05) is 35.8 Å². The Morgan fingerprint density at radius 2 is 2.22 bits per heavy atom. The quantitative estimate of drug-likeness (QED) is 0.391. The monoisotopic (exact) mass is 465 g/mol. The van der Waals surface area contributed by atoms with E-state index in [1.807, 2.05) is 19.2 Å². The van der Waals surface area contributed by atoms with E-state index in [-0.39, 0.29) is 29.4 Å². The highest BCUT2D eigenvalue weighted by Gasteiger charge is 2.44. The lowest BCUT2D eigenvalue weighted by Gasteiger charge is -2.20. The topological polar surface area (TPSA) is 36.4 Å². The number of rotatable bonds is 5. The molecular formula is C17H25ClIN3S. The molecule has 0 radical (unpaired) electrons. The second-order valence-electron chi connectivity index (χ2n) is 6.23. The van der Waals surface area contributed by atoms with Crippen molar-refractivity contribution >= 4 is 53.3 Å². The van der Waals surface area contributed by atoms with Gasteiger partial charge < -0.3 is 10.6 Å². The highest BCUT2D eigenvalue weighted by molar-refractivity contribution is 14.0. The third-order valence-electron chi connectivity index (χ3n) is 4.63. The van der Waals surface area contributed by atoms with E-state index in [1.165, 1.54) is 37.0 Å². The smallest absolute Gasteiger partial charge is 0.191 e. The van der Waals surface area contributed by atoms with Gasteiger partial charge in [0.05, 0.1) is 0 Å². The predicted octanol–water partition coefficient (Wildman–Crippen LogP) is 4.05. The van der Waals surface area contributed by atoms with E-state index in [4.69, 9.17) is 11.6 Å². The molecule has 6 heteroatoms. The minimum absolute atomic E-state index is 0. The third-order valence-corrected chi connectivity index (χ3v) is 6.26. The summed E-state index contributed by atoms with van der Waals surface area (Å²) in [4.78, 5) is 4.35. The highest BCUT2D eigenvalue weighted by atomic mass is 127. The van der Waals surface area contributed by atoms with Crippen LogP contribution >= 0.6 is 47.3 Å². The average molecular weight is 466 g/mol. The number of halogens is 2. The molecular weight excluding hydrogens is 441 g/mol. The van der Waals surface area contributed by atoms with Crippen LogP contribution in [0.15, 0.2) is 29.3 Å². The molecule has 1 saturated carbocycles. The van der Waals surface area contributed by atoms with Crippen molar-refractivity contribution in [1.29, 1.82) is 0 Å². The fraction of sp³-hybridized carbons (Fsp3) is 0.588. The molecule has 1 aliphatic carbocycles. The van der Waals surface area contributed by atoms with E-state index in [1.54, 1.807) is 0 Å². The largest absolute Gasteiger partial charge is 0.356 e. The molecule has 0 spiro atoms. The number of nitrogens with zero attached hydrogens (tertiary/aromatic N) is 1. The molecule has 1 aliphatic heterocycles. The van der Waals surface area contributed by atoms with E-state index in [2.05, 4.69) is 39.5 Å². The minimum Gasteiger partial charge on any atom is -0.356 e. The number of aliphatic imine (C=N–C) groups is 1. The molecule has 1 unspecified atom stereocenters. The Morgan fingerprint density at radius 3 is 2.83 bits per heavy atom. The molecule has 1 atom stereocenters. The van der Waals surface area contributed by atoms with Crippen LogP contribution in [0.5, 0.6) is 0 Å². The SMILES string of the molecule is CN=C(NCC1CCCS1)NCC1(c2cccc(Cl)c2)CC1.I. The Bertz CT molecular complexity index is 542. The Morgan fingerprint density at radius 1 is 1.39 bits per heavy atom. The standard InChI is InChI=1S/C17H24ClN3S.HI/c1-19-16(20-11-15-6-3-9-22-15)21-12-17(7-8-17)13-4-2-5-14(18)10-13;/h2,4-5,10,15H,3,6-9,11-12H2,1H3,(H2,19,20,21);1H. The van der Waals surface area contributed by atoms with Gasteiger partial charge in [-0.05, 0) is 49.1 Å². The van der Waals surface area contributed by atoms with Crippen LogP contribution in [-0.4, -0.2) is 37.1 Å². The Hall–Kier alpha value is -0.140. The van der Waals surface area contributed by atoms with Crippen molar-refractivity contribution < 1.29 is 0 Å². The van der Waals surface area contributed by atoms with E-state index in [9.17, 15) is 0 Å². The maximum Gasteiger partial charge on any atom is 0.191 e. The van der Waals surface area contributed by atoms with E-state index in [0.29, 0.717) is 0 Å². The molecule has 1 saturated heterocycles. The van der Waals surface area contributed by atoms with Gasteiger partial charge in [0.25, 0.3) is 0 Å². The molecule has 1 heterocycles. The van der Waals surface area contributed by atoms with Crippen molar-refractivity contribution in [2.24, 2.45) is 4.99 Å². The summed E-state index contributed by atoms with van der Waals surface area (Å²) < 4.78 is 0. The van der Waals surface area contributed by atoms with Crippen molar-refractivity contribution in [2.75, 3.05) is 25.9 Å². The molecule has 0 aromatic heterocycles. The lowest BCUT2D eigenvalue weighted by Crippen LogP contribution is -2.43. The Kier molecular flexibility index (Phi) is 7.35. The number of benzene rings is 1. The summed E-state index contributed by atoms with van der Waals surface area (Å²) in [5, 5.41) is 8.53. The van der Waals surface area contributed by atoms with Gasteiger partial charge in [0.15, 0.2) is 5.96 Å². The Labute approximate surface area is 165 Å². The van der Waals surface area contributed by atoms with Gasteiger partial charge in [-0.15, -0.1) is 24.0 Å². The summed E-state index contributed by atoms with van der Waals surface area (Å²) in [5.41, 5.74) is 1.58. The molecule has 0 amide bonds. The van der Waals surface area contributed by atoms with Gasteiger partial charge in [-0.1, -0.05) is 23.7 Å². The molecule has 3 rings (SSSR count). The molecule has 3 nitrogen and oxygen atoms in total. The van der Waals surface area contributed by atoms with E-state index in [0.717, 1.165) is 29.3 Å². The van der Waals surface area contributed by atoms with Gasteiger partial charge in [0.2, 0.25) is 0 Å². The second kappa shape index (κ2) is 8.81. The first-order valence-corrected chi connectivity index (χ1v) is 9.47. The fourth-order valence-corrected chi connectivity index (χ4v) is 4.42. The molecule has 2 N–H and O–H groups in total. The first kappa shape index (κ1) is 19.2. The summed E-state index contributed by atoms with van der Waals surface area (Å²) >= 11 is 8.20. The third kappa shape index (κ3) is 5.16. The van der Waals surface area contributed by atoms with Crippen molar-refractivity contribution in [3.63, 3.8) is 0 Å². The summed E-state index contributed by atoms with van der Waals surface area (Å²) in [5.74, 6) is 2.22. The van der Waals surface area contributed by atoms with Crippen LogP contribution in [0.1, 0.15) is 31.2 Å². The van der Waals surface area contributed by atoms with Crippen LogP contribution in [0.4, 0.5) is 0 Å².